The van der Waals surface area contributed by atoms with Gasteiger partial charge in [-0.1, -0.05) is 6.07 Å². The van der Waals surface area contributed by atoms with Crippen LogP contribution in [-0.4, -0.2) is 20.9 Å². The molecule has 0 atom stereocenters. The van der Waals surface area contributed by atoms with Crippen molar-refractivity contribution in [1.29, 1.82) is 0 Å². The molecule has 0 aliphatic heterocycles. The number of aryl methyl sites for hydroxylation is 1. The number of hydrogen-bond donors (Lipinski definition) is 1. The molecule has 0 spiro atoms. The van der Waals surface area contributed by atoms with Gasteiger partial charge in [0.05, 0.1) is 11.1 Å². The van der Waals surface area contributed by atoms with E-state index in [-0.39, 0.29) is 5.56 Å². The van der Waals surface area contributed by atoms with Crippen molar-refractivity contribution in [3.05, 3.63) is 28.4 Å². The number of nitrogens with zero attached hydrogens (tertiary/aromatic N) is 2. The van der Waals surface area contributed by atoms with Gasteiger partial charge in [0, 0.05) is 11.9 Å². The molecule has 0 fully saturated rings. The van der Waals surface area contributed by atoms with Crippen LogP contribution >= 0.6 is 15.9 Å². The molecule has 2 aromatic rings. The van der Waals surface area contributed by atoms with E-state index in [4.69, 9.17) is 5.11 Å². The van der Waals surface area contributed by atoms with Crippen LogP contribution in [0.3, 0.4) is 0 Å². The van der Waals surface area contributed by atoms with Crippen LogP contribution in [0.2, 0.25) is 0 Å². The van der Waals surface area contributed by atoms with Gasteiger partial charge in [-0.3, -0.25) is 4.68 Å². The summed E-state index contributed by atoms with van der Waals surface area (Å²) in [5, 5.41) is 13.9. The standard InChI is InChI=1S/C10H9BrN2O2/c1-2-13-7-5-3-4-6(10(14)15)8(7)9(11)12-13/h3-5H,2H2,1H3,(H,14,15). The molecule has 2 rings (SSSR count). The summed E-state index contributed by atoms with van der Waals surface area (Å²) in [6, 6.07) is 5.17. The first kappa shape index (κ1) is 10.2. The topological polar surface area (TPSA) is 55.1 Å². The Morgan fingerprint density at radius 3 is 2.93 bits per heavy atom. The maximum absolute atomic E-state index is 11.0. The van der Waals surface area contributed by atoms with E-state index < -0.39 is 5.97 Å². The first-order valence-electron chi connectivity index (χ1n) is 4.53. The normalized spacial score (nSPS) is 10.8. The first-order valence-corrected chi connectivity index (χ1v) is 5.32. The van der Waals surface area contributed by atoms with Crippen LogP contribution in [0.1, 0.15) is 17.3 Å². The van der Waals surface area contributed by atoms with E-state index in [2.05, 4.69) is 21.0 Å². The molecule has 0 amide bonds. The van der Waals surface area contributed by atoms with Crippen molar-refractivity contribution in [2.24, 2.45) is 0 Å². The molecule has 0 saturated carbocycles. The van der Waals surface area contributed by atoms with Gasteiger partial charge in [-0.25, -0.2) is 4.79 Å². The molecule has 4 nitrogen and oxygen atoms in total. The Hall–Kier alpha value is -1.36. The van der Waals surface area contributed by atoms with Gasteiger partial charge < -0.3 is 5.11 Å². The summed E-state index contributed by atoms with van der Waals surface area (Å²) in [5.74, 6) is -0.933. The Morgan fingerprint density at radius 2 is 2.33 bits per heavy atom. The summed E-state index contributed by atoms with van der Waals surface area (Å²) in [4.78, 5) is 11.0. The first-order chi connectivity index (χ1) is 7.15. The van der Waals surface area contributed by atoms with Gasteiger partial charge in [0.1, 0.15) is 4.60 Å². The van der Waals surface area contributed by atoms with Gasteiger partial charge >= 0.3 is 5.97 Å². The van der Waals surface area contributed by atoms with E-state index >= 15 is 0 Å². The predicted octanol–water partition coefficient (Wildman–Crippen LogP) is 2.52. The number of aromatic carboxylic acids is 1. The second-order valence-corrected chi connectivity index (χ2v) is 3.86. The van der Waals surface area contributed by atoms with Crippen molar-refractivity contribution in [3.8, 4) is 0 Å². The molecule has 78 valence electrons. The molecule has 0 aliphatic carbocycles. The SMILES string of the molecule is CCn1nc(Br)c2c(C(=O)O)cccc21. The molecular formula is C10H9BrN2O2. The lowest BCUT2D eigenvalue weighted by molar-refractivity contribution is 0.0699. The number of benzene rings is 1. The summed E-state index contributed by atoms with van der Waals surface area (Å²) >= 11 is 3.28. The second-order valence-electron chi connectivity index (χ2n) is 3.11. The predicted molar refractivity (Wildman–Crippen MR) is 60.1 cm³/mol. The number of aromatic nitrogens is 2. The molecular weight excluding hydrogens is 260 g/mol. The number of halogens is 1. The molecule has 1 heterocycles. The lowest BCUT2D eigenvalue weighted by Gasteiger charge is -1.99. The Labute approximate surface area is 94.6 Å². The third kappa shape index (κ3) is 1.52. The number of carboxylic acid groups (broad SMARTS) is 1. The highest BCUT2D eigenvalue weighted by molar-refractivity contribution is 9.10. The fourth-order valence-electron chi connectivity index (χ4n) is 1.60. The lowest BCUT2D eigenvalue weighted by atomic mass is 10.1. The number of rotatable bonds is 2. The summed E-state index contributed by atoms with van der Waals surface area (Å²) in [5.41, 5.74) is 1.11. The fraction of sp³-hybridized carbons (Fsp3) is 0.200. The number of hydrogen-bond acceptors (Lipinski definition) is 2. The Balaban J connectivity index is 2.86. The van der Waals surface area contributed by atoms with Crippen molar-refractivity contribution in [3.63, 3.8) is 0 Å². The Bertz CT molecular complexity index is 533. The van der Waals surface area contributed by atoms with E-state index in [1.54, 1.807) is 16.8 Å². The van der Waals surface area contributed by atoms with Crippen molar-refractivity contribution in [2.75, 3.05) is 0 Å². The van der Waals surface area contributed by atoms with Crippen LogP contribution in [0, 0.1) is 0 Å². The van der Waals surface area contributed by atoms with Crippen molar-refractivity contribution < 1.29 is 9.90 Å². The average molecular weight is 269 g/mol. The number of fused-ring (bicyclic) bond motifs is 1. The molecule has 1 aromatic heterocycles. The summed E-state index contributed by atoms with van der Waals surface area (Å²) in [6.07, 6.45) is 0. The minimum Gasteiger partial charge on any atom is -0.478 e. The Kier molecular flexibility index (Phi) is 2.48. The highest BCUT2D eigenvalue weighted by Crippen LogP contribution is 2.26. The summed E-state index contributed by atoms with van der Waals surface area (Å²) in [6.45, 7) is 2.68. The largest absolute Gasteiger partial charge is 0.478 e. The van der Waals surface area contributed by atoms with Crippen molar-refractivity contribution in [2.45, 2.75) is 13.5 Å². The molecule has 0 saturated heterocycles. The van der Waals surface area contributed by atoms with E-state index in [9.17, 15) is 4.79 Å². The van der Waals surface area contributed by atoms with Crippen LogP contribution in [0.25, 0.3) is 10.9 Å². The monoisotopic (exact) mass is 268 g/mol. The van der Waals surface area contributed by atoms with E-state index in [1.807, 2.05) is 13.0 Å². The smallest absolute Gasteiger partial charge is 0.336 e. The van der Waals surface area contributed by atoms with Crippen LogP contribution in [0.15, 0.2) is 22.8 Å². The molecule has 1 aromatic carbocycles. The van der Waals surface area contributed by atoms with Gasteiger partial charge in [0.2, 0.25) is 0 Å². The van der Waals surface area contributed by atoms with Crippen molar-refractivity contribution >= 4 is 32.8 Å². The van der Waals surface area contributed by atoms with Gasteiger partial charge in [-0.15, -0.1) is 0 Å². The third-order valence-corrected chi connectivity index (χ3v) is 2.82. The molecule has 0 bridgehead atoms. The highest BCUT2D eigenvalue weighted by atomic mass is 79.9. The lowest BCUT2D eigenvalue weighted by Crippen LogP contribution is -1.98. The highest BCUT2D eigenvalue weighted by Gasteiger charge is 2.15. The summed E-state index contributed by atoms with van der Waals surface area (Å²) < 4.78 is 2.35. The van der Waals surface area contributed by atoms with E-state index in [0.29, 0.717) is 16.5 Å². The molecule has 5 heteroatoms. The third-order valence-electron chi connectivity index (χ3n) is 2.27. The summed E-state index contributed by atoms with van der Waals surface area (Å²) in [7, 11) is 0. The van der Waals surface area contributed by atoms with Crippen LogP contribution in [0.5, 0.6) is 0 Å². The zero-order valence-electron chi connectivity index (χ0n) is 8.07. The second kappa shape index (κ2) is 3.66. The quantitative estimate of drug-likeness (QED) is 0.911. The van der Waals surface area contributed by atoms with Gasteiger partial charge in [-0.2, -0.15) is 5.10 Å². The zero-order valence-corrected chi connectivity index (χ0v) is 9.65. The fourth-order valence-corrected chi connectivity index (χ4v) is 2.21. The minimum absolute atomic E-state index is 0.277. The minimum atomic E-state index is -0.933. The molecule has 0 radical (unpaired) electrons. The molecule has 0 unspecified atom stereocenters. The molecule has 0 aliphatic rings. The maximum Gasteiger partial charge on any atom is 0.336 e. The van der Waals surface area contributed by atoms with Crippen molar-refractivity contribution in [1.82, 2.24) is 9.78 Å². The average Bonchev–Trinajstić information content (AvgIpc) is 2.55. The number of carbonyl (C=O) groups is 1. The van der Waals surface area contributed by atoms with Gasteiger partial charge in [0.25, 0.3) is 0 Å². The van der Waals surface area contributed by atoms with Crippen LogP contribution in [0.4, 0.5) is 0 Å². The van der Waals surface area contributed by atoms with E-state index in [0.717, 1.165) is 5.52 Å². The number of carboxylic acids is 1. The van der Waals surface area contributed by atoms with Gasteiger partial charge in [-0.05, 0) is 35.0 Å². The zero-order chi connectivity index (χ0) is 11.0. The maximum atomic E-state index is 11.0. The Morgan fingerprint density at radius 1 is 1.60 bits per heavy atom. The molecule has 15 heavy (non-hydrogen) atoms. The van der Waals surface area contributed by atoms with Gasteiger partial charge in [0.15, 0.2) is 0 Å². The van der Waals surface area contributed by atoms with Crippen LogP contribution in [-0.2, 0) is 6.54 Å². The van der Waals surface area contributed by atoms with Crippen LogP contribution < -0.4 is 0 Å². The molecule has 1 N–H and O–H groups in total. The van der Waals surface area contributed by atoms with E-state index in [1.165, 1.54) is 0 Å².